The Balaban J connectivity index is 2.54. The first kappa shape index (κ1) is 32.9. The number of ketones is 2. The van der Waals surface area contributed by atoms with Crippen LogP contribution in [0, 0.1) is 23.7 Å². The summed E-state index contributed by atoms with van der Waals surface area (Å²) >= 11 is 0. The van der Waals surface area contributed by atoms with E-state index in [9.17, 15) is 24.3 Å². The molecule has 220 valence electrons. The molecular formula is C32H46N2O6. The number of hydrogen-bond acceptors (Lipinski definition) is 6. The molecule has 1 aliphatic heterocycles. The monoisotopic (exact) mass is 554 g/mol. The van der Waals surface area contributed by atoms with Crippen LogP contribution in [0.25, 0.3) is 0 Å². The Labute approximate surface area is 238 Å². The van der Waals surface area contributed by atoms with Gasteiger partial charge in [-0.25, -0.2) is 4.79 Å². The highest BCUT2D eigenvalue weighted by atomic mass is 16.6. The minimum absolute atomic E-state index is 0.000708. The molecule has 0 aromatic heterocycles. The molecule has 8 heteroatoms. The first-order valence-corrected chi connectivity index (χ1v) is 14.3. The number of Topliss-reactive ketones (excluding diaryl/α,β-unsaturated/α-hetero) is 1. The highest BCUT2D eigenvalue weighted by molar-refractivity contribution is 6.23. The Morgan fingerprint density at radius 1 is 1.12 bits per heavy atom. The van der Waals surface area contributed by atoms with Crippen LogP contribution in [0.4, 0.5) is 4.79 Å². The smallest absolute Gasteiger partial charge is 0.405 e. The summed E-state index contributed by atoms with van der Waals surface area (Å²) in [6, 6.07) is 0. The second-order valence-electron chi connectivity index (χ2n) is 11.5. The molecular weight excluding hydrogens is 508 g/mol. The molecule has 0 radical (unpaired) electrons. The van der Waals surface area contributed by atoms with E-state index in [2.05, 4.69) is 5.32 Å². The van der Waals surface area contributed by atoms with Crippen LogP contribution in [0.1, 0.15) is 80.6 Å². The Morgan fingerprint density at radius 2 is 1.80 bits per heavy atom. The molecule has 2 bridgehead atoms. The molecule has 0 saturated carbocycles. The number of nitrogens with one attached hydrogen (secondary N) is 1. The van der Waals surface area contributed by atoms with Gasteiger partial charge in [0.25, 0.3) is 5.91 Å². The number of nitrogens with two attached hydrogens (primary N) is 1. The van der Waals surface area contributed by atoms with Crippen molar-refractivity contribution in [2.24, 2.45) is 29.4 Å². The SMILES string of the molecule is CCCCC1=C2C[C@@H](C)C[C@H](C)[C@H](O)[C@@H](C)/C=C(\C)[C@H](OC(N)=O)[C@@H](C)/C=C\C=C(/C)C(=O)NC(=CC1=O)C2=O. The quantitative estimate of drug-likeness (QED) is 0.321. The Bertz CT molecular complexity index is 1140. The first-order chi connectivity index (χ1) is 18.8. The summed E-state index contributed by atoms with van der Waals surface area (Å²) < 4.78 is 5.41. The van der Waals surface area contributed by atoms with E-state index in [0.717, 1.165) is 18.4 Å². The van der Waals surface area contributed by atoms with E-state index in [0.29, 0.717) is 36.0 Å². The molecule has 0 spiro atoms. The number of carbonyl (C=O) groups excluding carboxylic acids is 4. The maximum atomic E-state index is 13.5. The maximum Gasteiger partial charge on any atom is 0.405 e. The zero-order chi connectivity index (χ0) is 30.1. The largest absolute Gasteiger partial charge is 0.441 e. The van der Waals surface area contributed by atoms with Gasteiger partial charge in [0.05, 0.1) is 11.8 Å². The van der Waals surface area contributed by atoms with Gasteiger partial charge in [0.1, 0.15) is 6.10 Å². The molecule has 0 unspecified atom stereocenters. The van der Waals surface area contributed by atoms with Crippen molar-refractivity contribution in [1.82, 2.24) is 5.32 Å². The zero-order valence-electron chi connectivity index (χ0n) is 25.0. The van der Waals surface area contributed by atoms with Gasteiger partial charge < -0.3 is 20.9 Å². The number of fused-ring (bicyclic) bond motifs is 2. The summed E-state index contributed by atoms with van der Waals surface area (Å²) in [7, 11) is 0. The zero-order valence-corrected chi connectivity index (χ0v) is 25.0. The molecule has 6 atom stereocenters. The van der Waals surface area contributed by atoms with E-state index in [4.69, 9.17) is 10.5 Å². The number of aliphatic hydroxyl groups excluding tert-OH is 1. The maximum absolute atomic E-state index is 13.5. The molecule has 8 nitrogen and oxygen atoms in total. The highest BCUT2D eigenvalue weighted by Crippen LogP contribution is 2.32. The average molecular weight is 555 g/mol. The van der Waals surface area contributed by atoms with Crippen molar-refractivity contribution >= 4 is 23.6 Å². The highest BCUT2D eigenvalue weighted by Gasteiger charge is 2.31. The van der Waals surface area contributed by atoms with Gasteiger partial charge in [0.2, 0.25) is 5.78 Å². The topological polar surface area (TPSA) is 136 Å². The summed E-state index contributed by atoms with van der Waals surface area (Å²) in [5.74, 6) is -1.69. The van der Waals surface area contributed by atoms with Gasteiger partial charge in [-0.15, -0.1) is 0 Å². The van der Waals surface area contributed by atoms with Crippen LogP contribution in [0.5, 0.6) is 0 Å². The third kappa shape index (κ3) is 8.88. The van der Waals surface area contributed by atoms with Gasteiger partial charge in [0, 0.05) is 34.6 Å². The lowest BCUT2D eigenvalue weighted by atomic mass is 9.80. The Morgan fingerprint density at radius 3 is 2.42 bits per heavy atom. The molecule has 2 amide bonds. The summed E-state index contributed by atoms with van der Waals surface area (Å²) in [5.41, 5.74) is 7.40. The minimum Gasteiger partial charge on any atom is -0.441 e. The summed E-state index contributed by atoms with van der Waals surface area (Å²) in [4.78, 5) is 51.2. The lowest BCUT2D eigenvalue weighted by molar-refractivity contribution is -0.120. The van der Waals surface area contributed by atoms with Crippen molar-refractivity contribution in [2.75, 3.05) is 0 Å². The Hall–Kier alpha value is -3.26. The predicted molar refractivity (Wildman–Crippen MR) is 156 cm³/mol. The van der Waals surface area contributed by atoms with E-state index in [1.165, 1.54) is 6.08 Å². The third-order valence-corrected chi connectivity index (χ3v) is 7.75. The lowest BCUT2D eigenvalue weighted by Gasteiger charge is -2.28. The van der Waals surface area contributed by atoms with Crippen molar-refractivity contribution in [3.63, 3.8) is 0 Å². The van der Waals surface area contributed by atoms with Gasteiger partial charge >= 0.3 is 6.09 Å². The molecule has 0 saturated heterocycles. The number of carbonyl (C=O) groups is 4. The van der Waals surface area contributed by atoms with Crippen LogP contribution >= 0.6 is 0 Å². The number of primary amides is 1. The fraction of sp³-hybridized carbons (Fsp3) is 0.562. The molecule has 2 rings (SSSR count). The number of rotatable bonds is 4. The van der Waals surface area contributed by atoms with Crippen molar-refractivity contribution in [3.05, 3.63) is 58.4 Å². The van der Waals surface area contributed by atoms with Crippen molar-refractivity contribution in [3.8, 4) is 0 Å². The van der Waals surface area contributed by atoms with Gasteiger partial charge in [-0.2, -0.15) is 0 Å². The first-order valence-electron chi connectivity index (χ1n) is 14.3. The second-order valence-corrected chi connectivity index (χ2v) is 11.5. The second kappa shape index (κ2) is 14.9. The number of aliphatic hydroxyl groups is 1. The molecule has 4 N–H and O–H groups in total. The molecule has 1 heterocycles. The lowest BCUT2D eigenvalue weighted by Crippen LogP contribution is -2.33. The van der Waals surface area contributed by atoms with Gasteiger partial charge in [-0.05, 0) is 56.9 Å². The van der Waals surface area contributed by atoms with E-state index in [-0.39, 0.29) is 40.9 Å². The van der Waals surface area contributed by atoms with Crippen LogP contribution in [-0.2, 0) is 19.1 Å². The fourth-order valence-corrected chi connectivity index (χ4v) is 5.51. The van der Waals surface area contributed by atoms with Gasteiger partial charge in [-0.1, -0.05) is 65.3 Å². The molecule has 40 heavy (non-hydrogen) atoms. The van der Waals surface area contributed by atoms with Crippen molar-refractivity contribution in [2.45, 2.75) is 92.8 Å². The summed E-state index contributed by atoms with van der Waals surface area (Å²) in [6.07, 6.45) is 9.15. The van der Waals surface area contributed by atoms with Crippen LogP contribution in [0.3, 0.4) is 0 Å². The van der Waals surface area contributed by atoms with Crippen LogP contribution in [0.2, 0.25) is 0 Å². The number of unbranched alkanes of at least 4 members (excludes halogenated alkanes) is 1. The fourth-order valence-electron chi connectivity index (χ4n) is 5.51. The van der Waals surface area contributed by atoms with Crippen molar-refractivity contribution in [1.29, 1.82) is 0 Å². The normalized spacial score (nSPS) is 32.8. The number of hydrogen-bond donors (Lipinski definition) is 3. The average Bonchev–Trinajstić information content (AvgIpc) is 2.88. The number of amides is 2. The predicted octanol–water partition coefficient (Wildman–Crippen LogP) is 5.24. The van der Waals surface area contributed by atoms with E-state index >= 15 is 0 Å². The van der Waals surface area contributed by atoms with Gasteiger partial charge in [-0.3, -0.25) is 14.4 Å². The van der Waals surface area contributed by atoms with Crippen molar-refractivity contribution < 1.29 is 29.0 Å². The third-order valence-electron chi connectivity index (χ3n) is 7.75. The molecule has 0 aromatic carbocycles. The number of ether oxygens (including phenoxy) is 1. The molecule has 1 aliphatic carbocycles. The molecule has 0 aromatic rings. The van der Waals surface area contributed by atoms with Gasteiger partial charge in [0.15, 0.2) is 5.78 Å². The van der Waals surface area contributed by atoms with E-state index in [1.807, 2.05) is 47.6 Å². The molecule has 2 aliphatic rings. The van der Waals surface area contributed by atoms with E-state index in [1.54, 1.807) is 25.2 Å². The van der Waals surface area contributed by atoms with Crippen LogP contribution in [-0.4, -0.2) is 40.9 Å². The molecule has 0 fully saturated rings. The summed E-state index contributed by atoms with van der Waals surface area (Å²) in [6.45, 7) is 13.2. The minimum atomic E-state index is -0.899. The van der Waals surface area contributed by atoms with Crippen LogP contribution in [0.15, 0.2) is 58.4 Å². The van der Waals surface area contributed by atoms with E-state index < -0.39 is 24.2 Å². The summed E-state index contributed by atoms with van der Waals surface area (Å²) in [5, 5.41) is 13.8. The number of allylic oxidation sites excluding steroid dienone is 5. The van der Waals surface area contributed by atoms with Crippen LogP contribution < -0.4 is 11.1 Å². The standard InChI is InChI=1S/C32H46N2O6/c1-8-9-13-24-25-15-18(2)14-21(5)28(36)22(6)16-23(7)30(40-32(33)39)19(3)11-10-12-20(4)31(38)34-26(29(25)37)17-27(24)35/h10-12,16-19,21-22,28,30,36H,8-9,13-15H2,1-7H3,(H2,33,39)(H,34,38)/b11-10-,20-12+,23-16+/t18-,19-,21-,22-,28-,30+/m0/s1. The Kier molecular flexibility index (Phi) is 12.3.